The first-order valence-corrected chi connectivity index (χ1v) is 12.7. The fourth-order valence-electron chi connectivity index (χ4n) is 4.36. The lowest BCUT2D eigenvalue weighted by Crippen LogP contribution is -2.52. The molecule has 0 saturated carbocycles. The normalized spacial score (nSPS) is 15.6. The first kappa shape index (κ1) is 29.9. The van der Waals surface area contributed by atoms with Crippen LogP contribution in [0, 0.1) is 0 Å². The Morgan fingerprint density at radius 2 is 1.88 bits per heavy atom. The van der Waals surface area contributed by atoms with E-state index in [9.17, 15) is 14.4 Å². The van der Waals surface area contributed by atoms with Crippen molar-refractivity contribution in [1.29, 1.82) is 0 Å². The molecule has 1 aliphatic rings. The van der Waals surface area contributed by atoms with E-state index in [0.29, 0.717) is 23.5 Å². The average molecular weight is 548 g/mol. The number of benzene rings is 2. The number of amidine groups is 1. The highest BCUT2D eigenvalue weighted by molar-refractivity contribution is 6.10. The van der Waals surface area contributed by atoms with Crippen molar-refractivity contribution in [3.8, 4) is 5.75 Å². The third kappa shape index (κ3) is 6.67. The number of ether oxygens (including phenoxy) is 1. The quantitative estimate of drug-likeness (QED) is 0.214. The number of methoxy groups -OCH3 is 1. The van der Waals surface area contributed by atoms with Gasteiger partial charge in [-0.1, -0.05) is 36.9 Å². The smallest absolute Gasteiger partial charge is 0.318 e. The zero-order valence-corrected chi connectivity index (χ0v) is 23.5. The van der Waals surface area contributed by atoms with E-state index in [1.165, 1.54) is 25.3 Å². The standard InChI is InChI=1S/C29H37N7O4/c1-7-24(37)32-21-14-13-19(15-23(21)40-6)27(38)34-26(31)20-16-36(29(2,3)25(20)30)28(39)33-22(17-35(4)5)18-11-9-8-10-12-18/h7-15,22H,1,16-17,30H2,2-6H3,(H,32,37)(H,33,39)(H2,31,34,38). The molecule has 0 spiro atoms. The zero-order valence-electron chi connectivity index (χ0n) is 23.5. The van der Waals surface area contributed by atoms with Crippen LogP contribution in [0.15, 0.2) is 77.4 Å². The molecular weight excluding hydrogens is 510 g/mol. The van der Waals surface area contributed by atoms with Crippen molar-refractivity contribution in [2.24, 2.45) is 16.5 Å². The monoisotopic (exact) mass is 547 g/mol. The van der Waals surface area contributed by atoms with Gasteiger partial charge in [0.25, 0.3) is 5.91 Å². The number of anilines is 1. The largest absolute Gasteiger partial charge is 0.495 e. The highest BCUT2D eigenvalue weighted by Crippen LogP contribution is 2.32. The van der Waals surface area contributed by atoms with E-state index in [4.69, 9.17) is 16.2 Å². The van der Waals surface area contributed by atoms with Gasteiger partial charge in [0.05, 0.1) is 30.9 Å². The van der Waals surface area contributed by atoms with Gasteiger partial charge in [-0.15, -0.1) is 0 Å². The Morgan fingerprint density at radius 1 is 1.20 bits per heavy atom. The number of aliphatic imine (C=N–C) groups is 1. The highest BCUT2D eigenvalue weighted by Gasteiger charge is 2.42. The van der Waals surface area contributed by atoms with Gasteiger partial charge < -0.3 is 36.6 Å². The second-order valence-electron chi connectivity index (χ2n) is 10.1. The van der Waals surface area contributed by atoms with Crippen molar-refractivity contribution < 1.29 is 19.1 Å². The molecule has 40 heavy (non-hydrogen) atoms. The summed E-state index contributed by atoms with van der Waals surface area (Å²) in [5.74, 6) is -0.865. The maximum Gasteiger partial charge on any atom is 0.318 e. The van der Waals surface area contributed by atoms with E-state index in [-0.39, 0.29) is 35.8 Å². The van der Waals surface area contributed by atoms with Gasteiger partial charge in [-0.3, -0.25) is 9.59 Å². The first-order chi connectivity index (χ1) is 18.9. The summed E-state index contributed by atoms with van der Waals surface area (Å²) >= 11 is 0. The molecule has 2 aromatic rings. The molecule has 0 radical (unpaired) electrons. The summed E-state index contributed by atoms with van der Waals surface area (Å²) in [5, 5.41) is 5.71. The fourth-order valence-corrected chi connectivity index (χ4v) is 4.36. The number of carbonyl (C=O) groups is 3. The van der Waals surface area contributed by atoms with Gasteiger partial charge in [-0.05, 0) is 57.8 Å². The average Bonchev–Trinajstić information content (AvgIpc) is 3.17. The third-order valence-electron chi connectivity index (χ3n) is 6.69. The van der Waals surface area contributed by atoms with Crippen LogP contribution in [0.1, 0.15) is 35.8 Å². The lowest BCUT2D eigenvalue weighted by atomic mass is 10.00. The second kappa shape index (κ2) is 12.5. The Bertz CT molecular complexity index is 1350. The number of rotatable bonds is 9. The minimum Gasteiger partial charge on any atom is -0.495 e. The molecular formula is C29H37N7O4. The maximum absolute atomic E-state index is 13.5. The molecule has 0 fully saturated rings. The molecule has 11 heteroatoms. The van der Waals surface area contributed by atoms with E-state index in [0.717, 1.165) is 11.6 Å². The van der Waals surface area contributed by atoms with Gasteiger partial charge in [0.1, 0.15) is 11.6 Å². The van der Waals surface area contributed by atoms with Crippen LogP contribution in [0.2, 0.25) is 0 Å². The van der Waals surface area contributed by atoms with Crippen molar-refractivity contribution in [3.63, 3.8) is 0 Å². The van der Waals surface area contributed by atoms with Gasteiger partial charge >= 0.3 is 6.03 Å². The fraction of sp³-hybridized carbons (Fsp3) is 0.310. The summed E-state index contributed by atoms with van der Waals surface area (Å²) in [6, 6.07) is 13.6. The summed E-state index contributed by atoms with van der Waals surface area (Å²) in [5.41, 5.74) is 14.1. The summed E-state index contributed by atoms with van der Waals surface area (Å²) in [4.78, 5) is 45.8. The molecule has 6 N–H and O–H groups in total. The molecule has 1 unspecified atom stereocenters. The molecule has 3 rings (SSSR count). The van der Waals surface area contributed by atoms with E-state index >= 15 is 0 Å². The molecule has 2 aromatic carbocycles. The van der Waals surface area contributed by atoms with Crippen molar-refractivity contribution in [1.82, 2.24) is 15.1 Å². The summed E-state index contributed by atoms with van der Waals surface area (Å²) in [7, 11) is 5.29. The molecule has 4 amide bonds. The number of nitrogens with zero attached hydrogens (tertiary/aromatic N) is 3. The third-order valence-corrected chi connectivity index (χ3v) is 6.69. The second-order valence-corrected chi connectivity index (χ2v) is 10.1. The van der Waals surface area contributed by atoms with E-state index in [1.807, 2.05) is 63.2 Å². The van der Waals surface area contributed by atoms with Crippen LogP contribution in [0.4, 0.5) is 10.5 Å². The minimum absolute atomic E-state index is 0.0760. The Hall–Kier alpha value is -4.64. The number of hydrogen-bond donors (Lipinski definition) is 4. The summed E-state index contributed by atoms with van der Waals surface area (Å²) < 4.78 is 5.29. The molecule has 1 aliphatic heterocycles. The van der Waals surface area contributed by atoms with Crippen LogP contribution in [0.25, 0.3) is 0 Å². The van der Waals surface area contributed by atoms with Gasteiger partial charge in [0.15, 0.2) is 0 Å². The van der Waals surface area contributed by atoms with Crippen LogP contribution >= 0.6 is 0 Å². The number of carbonyl (C=O) groups excluding carboxylic acids is 3. The first-order valence-electron chi connectivity index (χ1n) is 12.7. The van der Waals surface area contributed by atoms with E-state index in [2.05, 4.69) is 22.2 Å². The van der Waals surface area contributed by atoms with Crippen LogP contribution in [-0.2, 0) is 4.79 Å². The molecule has 11 nitrogen and oxygen atoms in total. The molecule has 212 valence electrons. The van der Waals surface area contributed by atoms with Crippen molar-refractivity contribution >= 4 is 29.4 Å². The summed E-state index contributed by atoms with van der Waals surface area (Å²) in [6.07, 6.45) is 1.12. The number of nitrogens with two attached hydrogens (primary N) is 2. The SMILES string of the molecule is C=CC(=O)Nc1ccc(C(=O)N=C(N)C2=C(N)C(C)(C)N(C(=O)NC(CN(C)C)c3ccccc3)C2)cc1OC. The molecule has 1 heterocycles. The van der Waals surface area contributed by atoms with Crippen LogP contribution in [0.5, 0.6) is 5.75 Å². The lowest BCUT2D eigenvalue weighted by molar-refractivity contribution is -0.111. The molecule has 0 aliphatic carbocycles. The number of likely N-dealkylation sites (N-methyl/N-ethyl adjacent to an activating group) is 1. The Morgan fingerprint density at radius 3 is 2.48 bits per heavy atom. The number of nitrogens with one attached hydrogen (secondary N) is 2. The Labute approximate surface area is 234 Å². The van der Waals surface area contributed by atoms with E-state index < -0.39 is 17.4 Å². The zero-order chi connectivity index (χ0) is 29.6. The maximum atomic E-state index is 13.5. The number of urea groups is 1. The Balaban J connectivity index is 1.81. The topological polar surface area (TPSA) is 155 Å². The van der Waals surface area contributed by atoms with Crippen molar-refractivity contribution in [2.75, 3.05) is 39.6 Å². The van der Waals surface area contributed by atoms with E-state index in [1.54, 1.807) is 4.90 Å². The molecule has 0 saturated heterocycles. The highest BCUT2D eigenvalue weighted by atomic mass is 16.5. The van der Waals surface area contributed by atoms with Gasteiger partial charge in [-0.2, -0.15) is 4.99 Å². The predicted molar refractivity (Wildman–Crippen MR) is 156 cm³/mol. The van der Waals surface area contributed by atoms with Crippen LogP contribution < -0.4 is 26.8 Å². The lowest BCUT2D eigenvalue weighted by Gasteiger charge is -2.35. The van der Waals surface area contributed by atoms with Crippen molar-refractivity contribution in [2.45, 2.75) is 25.4 Å². The molecule has 0 aromatic heterocycles. The number of hydrogen-bond acceptors (Lipinski definition) is 6. The van der Waals surface area contributed by atoms with Gasteiger partial charge in [0, 0.05) is 23.4 Å². The number of amides is 4. The summed E-state index contributed by atoms with van der Waals surface area (Å²) in [6.45, 7) is 7.72. The molecule has 0 bridgehead atoms. The van der Waals surface area contributed by atoms with Crippen LogP contribution in [-0.4, -0.2) is 73.3 Å². The van der Waals surface area contributed by atoms with Gasteiger partial charge in [-0.25, -0.2) is 4.79 Å². The molecule has 1 atom stereocenters. The Kier molecular flexibility index (Phi) is 9.33. The minimum atomic E-state index is -0.879. The van der Waals surface area contributed by atoms with Gasteiger partial charge in [0.2, 0.25) is 5.91 Å². The van der Waals surface area contributed by atoms with Crippen LogP contribution in [0.3, 0.4) is 0 Å². The van der Waals surface area contributed by atoms with Crippen molar-refractivity contribution in [3.05, 3.63) is 83.6 Å². The predicted octanol–water partition coefficient (Wildman–Crippen LogP) is 2.64.